The van der Waals surface area contributed by atoms with Crippen molar-refractivity contribution in [1.29, 1.82) is 0 Å². The summed E-state index contributed by atoms with van der Waals surface area (Å²) < 4.78 is 33.5. The van der Waals surface area contributed by atoms with Crippen molar-refractivity contribution in [1.82, 2.24) is 0 Å². The average Bonchev–Trinajstić information content (AvgIpc) is 2.59. The smallest absolute Gasteiger partial charge is 0.347 e. The summed E-state index contributed by atoms with van der Waals surface area (Å²) in [7, 11) is -3.38. The lowest BCUT2D eigenvalue weighted by atomic mass is 10.2. The van der Waals surface area contributed by atoms with Gasteiger partial charge in [-0.3, -0.25) is 4.79 Å². The molecule has 144 valence electrons. The number of sulfone groups is 1. The zero-order valence-corrected chi connectivity index (χ0v) is 16.1. The summed E-state index contributed by atoms with van der Waals surface area (Å²) in [6.07, 6.45) is 0.193. The number of hydrogen-bond donors (Lipinski definition) is 1. The molecule has 2 rings (SSSR count). The van der Waals surface area contributed by atoms with Gasteiger partial charge in [0, 0.05) is 11.9 Å². The van der Waals surface area contributed by atoms with Gasteiger partial charge in [0.15, 0.2) is 22.5 Å². The van der Waals surface area contributed by atoms with Crippen molar-refractivity contribution in [2.45, 2.75) is 24.8 Å². The molecular formula is C19H21NO6S. The summed E-state index contributed by atoms with van der Waals surface area (Å²) in [6, 6.07) is 13.0. The van der Waals surface area contributed by atoms with Gasteiger partial charge in [0.1, 0.15) is 5.75 Å². The molecule has 0 aliphatic rings. The van der Waals surface area contributed by atoms with Crippen molar-refractivity contribution >= 4 is 27.4 Å². The second-order valence-corrected chi connectivity index (χ2v) is 8.05. The number of esters is 1. The van der Waals surface area contributed by atoms with Crippen LogP contribution in [0.15, 0.2) is 53.4 Å². The van der Waals surface area contributed by atoms with Crippen LogP contribution in [0.2, 0.25) is 0 Å². The van der Waals surface area contributed by atoms with Gasteiger partial charge < -0.3 is 14.8 Å². The predicted octanol–water partition coefficient (Wildman–Crippen LogP) is 2.35. The van der Waals surface area contributed by atoms with E-state index in [1.807, 2.05) is 13.0 Å². The zero-order chi connectivity index (χ0) is 20.0. The molecule has 0 aliphatic heterocycles. The van der Waals surface area contributed by atoms with Gasteiger partial charge in [0.05, 0.1) is 4.90 Å². The molecule has 0 heterocycles. The summed E-state index contributed by atoms with van der Waals surface area (Å²) in [4.78, 5) is 24.0. The number of amides is 1. The number of anilines is 1. The fourth-order valence-electron chi connectivity index (χ4n) is 2.20. The number of carbonyl (C=O) groups is 2. The molecule has 0 aliphatic carbocycles. The van der Waals surface area contributed by atoms with Crippen LogP contribution in [0.25, 0.3) is 0 Å². The van der Waals surface area contributed by atoms with E-state index >= 15 is 0 Å². The molecule has 0 radical (unpaired) electrons. The van der Waals surface area contributed by atoms with Crippen molar-refractivity contribution in [2.24, 2.45) is 0 Å². The third-order valence-electron chi connectivity index (χ3n) is 3.53. The Kier molecular flexibility index (Phi) is 6.57. The predicted molar refractivity (Wildman–Crippen MR) is 100 cm³/mol. The number of hydrogen-bond acceptors (Lipinski definition) is 6. The maximum Gasteiger partial charge on any atom is 0.347 e. The molecule has 0 fully saturated rings. The van der Waals surface area contributed by atoms with Gasteiger partial charge in [-0.05, 0) is 49.7 Å². The number of nitrogens with one attached hydrogen (secondary N) is 1. The Bertz CT molecular complexity index is 939. The fourth-order valence-corrected chi connectivity index (χ4v) is 2.86. The van der Waals surface area contributed by atoms with E-state index in [1.165, 1.54) is 31.2 Å². The largest absolute Gasteiger partial charge is 0.479 e. The van der Waals surface area contributed by atoms with E-state index in [1.54, 1.807) is 18.2 Å². The number of carbonyl (C=O) groups excluding carboxylic acids is 2. The van der Waals surface area contributed by atoms with E-state index in [0.29, 0.717) is 11.4 Å². The van der Waals surface area contributed by atoms with Crippen molar-refractivity contribution in [2.75, 3.05) is 18.2 Å². The Morgan fingerprint density at radius 2 is 1.81 bits per heavy atom. The molecule has 0 aromatic heterocycles. The summed E-state index contributed by atoms with van der Waals surface area (Å²) in [5.74, 6) is -0.741. The monoisotopic (exact) mass is 391 g/mol. The first kappa shape index (κ1) is 20.4. The third kappa shape index (κ3) is 6.41. The summed E-state index contributed by atoms with van der Waals surface area (Å²) >= 11 is 0. The minimum absolute atomic E-state index is 0.0810. The number of benzene rings is 2. The normalized spacial score (nSPS) is 12.1. The second kappa shape index (κ2) is 8.68. The first-order valence-corrected chi connectivity index (χ1v) is 10.0. The number of rotatable bonds is 7. The quantitative estimate of drug-likeness (QED) is 0.728. The molecule has 27 heavy (non-hydrogen) atoms. The molecule has 1 atom stereocenters. The molecule has 2 aromatic carbocycles. The van der Waals surface area contributed by atoms with E-state index in [0.717, 1.165) is 11.8 Å². The van der Waals surface area contributed by atoms with Crippen LogP contribution in [0.5, 0.6) is 5.75 Å². The van der Waals surface area contributed by atoms with Gasteiger partial charge in [0.2, 0.25) is 0 Å². The van der Waals surface area contributed by atoms with Gasteiger partial charge >= 0.3 is 5.97 Å². The molecule has 0 saturated heterocycles. The van der Waals surface area contributed by atoms with Crippen LogP contribution in [-0.4, -0.2) is 39.3 Å². The highest BCUT2D eigenvalue weighted by atomic mass is 32.2. The Morgan fingerprint density at radius 3 is 2.48 bits per heavy atom. The van der Waals surface area contributed by atoms with Crippen molar-refractivity contribution in [3.63, 3.8) is 0 Å². The molecule has 1 amide bonds. The molecule has 1 N–H and O–H groups in total. The molecule has 0 saturated carbocycles. The molecule has 0 unspecified atom stereocenters. The summed E-state index contributed by atoms with van der Waals surface area (Å²) in [5, 5.41) is 2.48. The van der Waals surface area contributed by atoms with Crippen LogP contribution in [0.4, 0.5) is 5.69 Å². The summed E-state index contributed by atoms with van der Waals surface area (Å²) in [6.45, 7) is 2.92. The van der Waals surface area contributed by atoms with Crippen LogP contribution in [0, 0.1) is 6.92 Å². The van der Waals surface area contributed by atoms with E-state index in [4.69, 9.17) is 9.47 Å². The van der Waals surface area contributed by atoms with Crippen molar-refractivity contribution in [3.8, 4) is 5.75 Å². The molecule has 2 aromatic rings. The molecule has 0 bridgehead atoms. The molecule has 0 spiro atoms. The maximum atomic E-state index is 12.0. The van der Waals surface area contributed by atoms with E-state index in [-0.39, 0.29) is 4.90 Å². The Morgan fingerprint density at radius 1 is 1.11 bits per heavy atom. The Balaban J connectivity index is 1.87. The highest BCUT2D eigenvalue weighted by Crippen LogP contribution is 2.16. The Labute approximate surface area is 158 Å². The maximum absolute atomic E-state index is 12.0. The fraction of sp³-hybridized carbons (Fsp3) is 0.263. The lowest BCUT2D eigenvalue weighted by molar-refractivity contribution is -0.153. The van der Waals surface area contributed by atoms with Crippen LogP contribution in [0.1, 0.15) is 12.5 Å². The minimum Gasteiger partial charge on any atom is -0.479 e. The number of ether oxygens (including phenoxy) is 2. The van der Waals surface area contributed by atoms with Crippen molar-refractivity contribution in [3.05, 3.63) is 54.1 Å². The first-order chi connectivity index (χ1) is 12.6. The van der Waals surface area contributed by atoms with Gasteiger partial charge in [-0.1, -0.05) is 18.2 Å². The standard InChI is InChI=1S/C19H21NO6S/c1-13-6-4-8-16(10-13)26-14(2)19(22)25-12-18(21)20-15-7-5-9-17(11-15)27(3,23)24/h4-11,14H,12H2,1-3H3,(H,20,21)/t14-/m0/s1. The van der Waals surface area contributed by atoms with Gasteiger partial charge in [-0.25, -0.2) is 13.2 Å². The number of aryl methyl sites for hydroxylation is 1. The first-order valence-electron chi connectivity index (χ1n) is 8.15. The Hall–Kier alpha value is -2.87. The van der Waals surface area contributed by atoms with E-state index in [2.05, 4.69) is 5.32 Å². The van der Waals surface area contributed by atoms with Gasteiger partial charge in [0.25, 0.3) is 5.91 Å². The van der Waals surface area contributed by atoms with Gasteiger partial charge in [-0.15, -0.1) is 0 Å². The third-order valence-corrected chi connectivity index (χ3v) is 4.64. The van der Waals surface area contributed by atoms with Crippen LogP contribution < -0.4 is 10.1 Å². The highest BCUT2D eigenvalue weighted by Gasteiger charge is 2.18. The minimum atomic E-state index is -3.38. The molecular weight excluding hydrogens is 370 g/mol. The lowest BCUT2D eigenvalue weighted by Gasteiger charge is -2.14. The average molecular weight is 391 g/mol. The molecule has 7 nitrogen and oxygen atoms in total. The van der Waals surface area contributed by atoms with Crippen LogP contribution >= 0.6 is 0 Å². The SMILES string of the molecule is Cc1cccc(O[C@@H](C)C(=O)OCC(=O)Nc2cccc(S(C)(=O)=O)c2)c1. The second-order valence-electron chi connectivity index (χ2n) is 6.03. The van der Waals surface area contributed by atoms with Crippen molar-refractivity contribution < 1.29 is 27.5 Å². The van der Waals surface area contributed by atoms with Crippen LogP contribution in [0.3, 0.4) is 0 Å². The lowest BCUT2D eigenvalue weighted by Crippen LogP contribution is -2.29. The molecule has 8 heteroatoms. The van der Waals surface area contributed by atoms with Gasteiger partial charge in [-0.2, -0.15) is 0 Å². The highest BCUT2D eigenvalue weighted by molar-refractivity contribution is 7.90. The summed E-state index contributed by atoms with van der Waals surface area (Å²) in [5.41, 5.74) is 1.28. The van der Waals surface area contributed by atoms with E-state index < -0.39 is 34.4 Å². The topological polar surface area (TPSA) is 98.8 Å². The van der Waals surface area contributed by atoms with E-state index in [9.17, 15) is 18.0 Å². The zero-order valence-electron chi connectivity index (χ0n) is 15.3. The van der Waals surface area contributed by atoms with Crippen LogP contribution in [-0.2, 0) is 24.2 Å².